The van der Waals surface area contributed by atoms with Gasteiger partial charge >= 0.3 is 11.9 Å². The van der Waals surface area contributed by atoms with Crippen molar-refractivity contribution in [3.63, 3.8) is 0 Å². The third kappa shape index (κ3) is 3.72. The van der Waals surface area contributed by atoms with Crippen LogP contribution < -0.4 is 0 Å². The van der Waals surface area contributed by atoms with Gasteiger partial charge in [0.15, 0.2) is 5.41 Å². The highest BCUT2D eigenvalue weighted by Gasteiger charge is 2.50. The summed E-state index contributed by atoms with van der Waals surface area (Å²) in [6, 6.07) is 0. The molecule has 4 heteroatoms. The van der Waals surface area contributed by atoms with Gasteiger partial charge in [0.05, 0.1) is 6.61 Å². The second-order valence-electron chi connectivity index (χ2n) is 5.25. The minimum Gasteiger partial charge on any atom is -0.480 e. The smallest absolute Gasteiger partial charge is 0.323 e. The van der Waals surface area contributed by atoms with Crippen LogP contribution in [0.2, 0.25) is 0 Å². The molecule has 0 aromatic rings. The highest BCUT2D eigenvalue weighted by molar-refractivity contribution is 5.99. The molecule has 106 valence electrons. The highest BCUT2D eigenvalue weighted by Crippen LogP contribution is 2.37. The molecule has 0 amide bonds. The quantitative estimate of drug-likeness (QED) is 0.536. The Morgan fingerprint density at radius 3 is 2.11 bits per heavy atom. The van der Waals surface area contributed by atoms with Crippen molar-refractivity contribution in [2.75, 3.05) is 6.61 Å². The second kappa shape index (κ2) is 7.39. The number of carbonyl (C=O) groups is 2. The van der Waals surface area contributed by atoms with Crippen molar-refractivity contribution in [2.45, 2.75) is 53.9 Å². The summed E-state index contributed by atoms with van der Waals surface area (Å²) in [5.74, 6) is -1.76. The van der Waals surface area contributed by atoms with Gasteiger partial charge in [-0.15, -0.1) is 0 Å². The summed E-state index contributed by atoms with van der Waals surface area (Å²) in [5, 5.41) is 9.51. The molecule has 0 bridgehead atoms. The first-order chi connectivity index (χ1) is 8.32. The third-order valence-corrected chi connectivity index (χ3v) is 3.46. The maximum atomic E-state index is 12.1. The molecule has 0 fully saturated rings. The van der Waals surface area contributed by atoms with E-state index in [1.807, 2.05) is 6.92 Å². The first-order valence-corrected chi connectivity index (χ1v) is 6.73. The van der Waals surface area contributed by atoms with E-state index in [2.05, 4.69) is 6.92 Å². The molecule has 0 heterocycles. The van der Waals surface area contributed by atoms with Gasteiger partial charge in [0, 0.05) is 0 Å². The van der Waals surface area contributed by atoms with Crippen LogP contribution in [-0.4, -0.2) is 23.7 Å². The third-order valence-electron chi connectivity index (χ3n) is 3.46. The van der Waals surface area contributed by atoms with E-state index in [4.69, 9.17) is 4.74 Å². The zero-order chi connectivity index (χ0) is 14.3. The molecule has 0 aromatic heterocycles. The fourth-order valence-corrected chi connectivity index (χ4v) is 2.38. The molecule has 2 unspecified atom stereocenters. The van der Waals surface area contributed by atoms with Gasteiger partial charge in [-0.3, -0.25) is 9.59 Å². The zero-order valence-corrected chi connectivity index (χ0v) is 12.2. The molecule has 0 aromatic carbocycles. The summed E-state index contributed by atoms with van der Waals surface area (Å²) in [4.78, 5) is 23.7. The van der Waals surface area contributed by atoms with Crippen LogP contribution in [0, 0.1) is 17.3 Å². The largest absolute Gasteiger partial charge is 0.480 e. The molecule has 1 N–H and O–H groups in total. The number of hydrogen-bond acceptors (Lipinski definition) is 3. The molecule has 0 aliphatic rings. The molecule has 4 nitrogen and oxygen atoms in total. The van der Waals surface area contributed by atoms with Crippen LogP contribution in [0.25, 0.3) is 0 Å². The van der Waals surface area contributed by atoms with Gasteiger partial charge in [-0.2, -0.15) is 0 Å². The first-order valence-electron chi connectivity index (χ1n) is 6.73. The van der Waals surface area contributed by atoms with Crippen molar-refractivity contribution in [1.82, 2.24) is 0 Å². The van der Waals surface area contributed by atoms with E-state index >= 15 is 0 Å². The molecule has 2 atom stereocenters. The van der Waals surface area contributed by atoms with E-state index in [1.165, 1.54) is 0 Å². The topological polar surface area (TPSA) is 63.6 Å². The fourth-order valence-electron chi connectivity index (χ4n) is 2.38. The van der Waals surface area contributed by atoms with Gasteiger partial charge in [0.2, 0.25) is 0 Å². The Hall–Kier alpha value is -1.06. The second-order valence-corrected chi connectivity index (χ2v) is 5.25. The number of carboxylic acid groups (broad SMARTS) is 1. The lowest BCUT2D eigenvalue weighted by atomic mass is 9.70. The zero-order valence-electron chi connectivity index (χ0n) is 12.2. The summed E-state index contributed by atoms with van der Waals surface area (Å²) in [6.07, 6.45) is 2.24. The number of esters is 1. The number of hydrogen-bond donors (Lipinski definition) is 1. The molecule has 0 saturated heterocycles. The van der Waals surface area contributed by atoms with E-state index in [0.29, 0.717) is 6.42 Å². The highest BCUT2D eigenvalue weighted by atomic mass is 16.5. The van der Waals surface area contributed by atoms with E-state index < -0.39 is 17.4 Å². The van der Waals surface area contributed by atoms with Crippen molar-refractivity contribution in [3.05, 3.63) is 0 Å². The van der Waals surface area contributed by atoms with Gasteiger partial charge in [0.25, 0.3) is 0 Å². The molecule has 18 heavy (non-hydrogen) atoms. The van der Waals surface area contributed by atoms with Crippen LogP contribution in [0.5, 0.6) is 0 Å². The van der Waals surface area contributed by atoms with Crippen LogP contribution in [0.1, 0.15) is 53.9 Å². The predicted molar refractivity (Wildman–Crippen MR) is 70.2 cm³/mol. The standard InChI is InChI=1S/C14H26O4/c1-6-8-11(5)9-14(10(3)4,12(15)16)13(17)18-7-2/h10-11H,6-9H2,1-5H3,(H,15,16). The minimum absolute atomic E-state index is 0.193. The van der Waals surface area contributed by atoms with Gasteiger partial charge in [-0.1, -0.05) is 40.5 Å². The van der Waals surface area contributed by atoms with Crippen LogP contribution in [0.4, 0.5) is 0 Å². The Bertz CT molecular complexity index is 286. The van der Waals surface area contributed by atoms with Gasteiger partial charge < -0.3 is 9.84 Å². The van der Waals surface area contributed by atoms with Crippen LogP contribution in [0.3, 0.4) is 0 Å². The van der Waals surface area contributed by atoms with E-state index in [9.17, 15) is 14.7 Å². The maximum absolute atomic E-state index is 12.1. The normalized spacial score (nSPS) is 16.1. The summed E-state index contributed by atoms with van der Waals surface area (Å²) in [5.41, 5.74) is -1.41. The molecule has 0 aliphatic carbocycles. The average molecular weight is 258 g/mol. The molecular formula is C14H26O4. The first kappa shape index (κ1) is 16.9. The summed E-state index contributed by atoms with van der Waals surface area (Å²) in [7, 11) is 0. The molecule has 0 saturated carbocycles. The summed E-state index contributed by atoms with van der Waals surface area (Å²) < 4.78 is 4.99. The van der Waals surface area contributed by atoms with E-state index in [0.717, 1.165) is 12.8 Å². The van der Waals surface area contributed by atoms with E-state index in [-0.39, 0.29) is 18.4 Å². The maximum Gasteiger partial charge on any atom is 0.323 e. The average Bonchev–Trinajstić information content (AvgIpc) is 2.25. The number of rotatable bonds is 8. The number of aliphatic carboxylic acids is 1. The van der Waals surface area contributed by atoms with Gasteiger partial charge in [0.1, 0.15) is 0 Å². The van der Waals surface area contributed by atoms with Crippen molar-refractivity contribution in [3.8, 4) is 0 Å². The predicted octanol–water partition coefficient (Wildman–Crippen LogP) is 3.10. The molecular weight excluding hydrogens is 232 g/mol. The van der Waals surface area contributed by atoms with Crippen molar-refractivity contribution < 1.29 is 19.4 Å². The van der Waals surface area contributed by atoms with Crippen LogP contribution >= 0.6 is 0 Å². The van der Waals surface area contributed by atoms with E-state index in [1.54, 1.807) is 20.8 Å². The number of ether oxygens (including phenoxy) is 1. The van der Waals surface area contributed by atoms with Crippen molar-refractivity contribution in [1.29, 1.82) is 0 Å². The lowest BCUT2D eigenvalue weighted by Crippen LogP contribution is -2.46. The minimum atomic E-state index is -1.41. The van der Waals surface area contributed by atoms with Crippen LogP contribution in [0.15, 0.2) is 0 Å². The monoisotopic (exact) mass is 258 g/mol. The SMILES string of the molecule is CCCC(C)CC(C(=O)O)(C(=O)OCC)C(C)C. The molecule has 0 spiro atoms. The number of carboxylic acids is 1. The Kier molecular flexibility index (Phi) is 6.96. The fraction of sp³-hybridized carbons (Fsp3) is 0.857. The Morgan fingerprint density at radius 2 is 1.78 bits per heavy atom. The van der Waals surface area contributed by atoms with Gasteiger partial charge in [-0.05, 0) is 25.2 Å². The number of carbonyl (C=O) groups excluding carboxylic acids is 1. The molecule has 0 radical (unpaired) electrons. The Morgan fingerprint density at radius 1 is 1.22 bits per heavy atom. The Labute approximate surface area is 110 Å². The van der Waals surface area contributed by atoms with Crippen molar-refractivity contribution in [2.24, 2.45) is 17.3 Å². The molecule has 0 rings (SSSR count). The van der Waals surface area contributed by atoms with Gasteiger partial charge in [-0.25, -0.2) is 0 Å². The lowest BCUT2D eigenvalue weighted by Gasteiger charge is -2.33. The lowest BCUT2D eigenvalue weighted by molar-refractivity contribution is -0.174. The van der Waals surface area contributed by atoms with Crippen molar-refractivity contribution >= 4 is 11.9 Å². The molecule has 0 aliphatic heterocycles. The summed E-state index contributed by atoms with van der Waals surface area (Å²) in [6.45, 7) is 9.48. The van der Waals surface area contributed by atoms with Crippen LogP contribution in [-0.2, 0) is 14.3 Å². The Balaban J connectivity index is 5.23. The summed E-state index contributed by atoms with van der Waals surface area (Å²) >= 11 is 0.